The summed E-state index contributed by atoms with van der Waals surface area (Å²) in [7, 11) is 0. The standard InChI is InChI=1S/C28H27N3O3/c1-20-16-24(10-13-27(20)34-15-14-22-6-4-3-5-7-22)17-25(18-29)28(33)30-19-23-8-11-26(12-9-23)31-21(2)32/h3-13,16-17H,14-15,19H2,1-2H3,(H,30,33)(H,31,32)/b25-17+. The van der Waals surface area contributed by atoms with E-state index in [9.17, 15) is 14.9 Å². The van der Waals surface area contributed by atoms with Crippen LogP contribution in [-0.2, 0) is 22.6 Å². The maximum Gasteiger partial charge on any atom is 0.262 e. The highest BCUT2D eigenvalue weighted by Gasteiger charge is 2.10. The molecule has 0 heterocycles. The van der Waals surface area contributed by atoms with Gasteiger partial charge in [-0.2, -0.15) is 5.26 Å². The largest absolute Gasteiger partial charge is 0.493 e. The van der Waals surface area contributed by atoms with Crippen molar-refractivity contribution in [3.63, 3.8) is 0 Å². The fourth-order valence-corrected chi connectivity index (χ4v) is 3.35. The molecule has 0 saturated carbocycles. The molecule has 34 heavy (non-hydrogen) atoms. The van der Waals surface area contributed by atoms with Gasteiger partial charge in [0, 0.05) is 25.6 Å². The lowest BCUT2D eigenvalue weighted by atomic mass is 10.1. The Morgan fingerprint density at radius 2 is 1.74 bits per heavy atom. The van der Waals surface area contributed by atoms with E-state index in [2.05, 4.69) is 22.8 Å². The zero-order chi connectivity index (χ0) is 24.3. The van der Waals surface area contributed by atoms with E-state index in [4.69, 9.17) is 4.74 Å². The van der Waals surface area contributed by atoms with E-state index in [1.165, 1.54) is 12.5 Å². The molecular formula is C28H27N3O3. The minimum Gasteiger partial charge on any atom is -0.493 e. The van der Waals surface area contributed by atoms with Crippen LogP contribution in [0.25, 0.3) is 6.08 Å². The van der Waals surface area contributed by atoms with Gasteiger partial charge in [-0.15, -0.1) is 0 Å². The number of nitrogens with zero attached hydrogens (tertiary/aromatic N) is 1. The van der Waals surface area contributed by atoms with Gasteiger partial charge in [-0.05, 0) is 59.5 Å². The van der Waals surface area contributed by atoms with Crippen molar-refractivity contribution in [3.8, 4) is 11.8 Å². The van der Waals surface area contributed by atoms with Gasteiger partial charge in [0.2, 0.25) is 5.91 Å². The number of hydrogen-bond donors (Lipinski definition) is 2. The second-order valence-corrected chi connectivity index (χ2v) is 7.84. The van der Waals surface area contributed by atoms with Crippen LogP contribution in [0.1, 0.15) is 29.2 Å². The molecule has 172 valence electrons. The topological polar surface area (TPSA) is 91.2 Å². The van der Waals surface area contributed by atoms with Gasteiger partial charge in [-0.3, -0.25) is 9.59 Å². The molecule has 0 saturated heterocycles. The Labute approximate surface area is 199 Å². The van der Waals surface area contributed by atoms with Crippen molar-refractivity contribution in [3.05, 3.63) is 101 Å². The molecule has 2 N–H and O–H groups in total. The second kappa shape index (κ2) is 12.0. The third kappa shape index (κ3) is 7.35. The monoisotopic (exact) mass is 453 g/mol. The molecule has 0 unspecified atom stereocenters. The van der Waals surface area contributed by atoms with Crippen LogP contribution in [-0.4, -0.2) is 18.4 Å². The number of benzene rings is 3. The molecule has 0 aliphatic heterocycles. The highest BCUT2D eigenvalue weighted by molar-refractivity contribution is 6.01. The summed E-state index contributed by atoms with van der Waals surface area (Å²) in [4.78, 5) is 23.6. The van der Waals surface area contributed by atoms with E-state index < -0.39 is 5.91 Å². The van der Waals surface area contributed by atoms with Gasteiger partial charge in [0.15, 0.2) is 0 Å². The number of amides is 2. The van der Waals surface area contributed by atoms with Gasteiger partial charge in [0.1, 0.15) is 17.4 Å². The zero-order valence-corrected chi connectivity index (χ0v) is 19.3. The number of carbonyl (C=O) groups excluding carboxylic acids is 2. The van der Waals surface area contributed by atoms with E-state index in [-0.39, 0.29) is 18.0 Å². The molecule has 0 fully saturated rings. The van der Waals surface area contributed by atoms with E-state index in [0.717, 1.165) is 28.9 Å². The number of ether oxygens (including phenoxy) is 1. The lowest BCUT2D eigenvalue weighted by Crippen LogP contribution is -2.24. The van der Waals surface area contributed by atoms with Crippen LogP contribution >= 0.6 is 0 Å². The van der Waals surface area contributed by atoms with Crippen LogP contribution in [0.15, 0.2) is 78.4 Å². The lowest BCUT2D eigenvalue weighted by Gasteiger charge is -2.10. The molecule has 6 heteroatoms. The quantitative estimate of drug-likeness (QED) is 0.360. The Morgan fingerprint density at radius 3 is 2.38 bits per heavy atom. The molecule has 3 aromatic carbocycles. The highest BCUT2D eigenvalue weighted by Crippen LogP contribution is 2.21. The number of nitrogens with one attached hydrogen (secondary N) is 2. The van der Waals surface area contributed by atoms with Gasteiger partial charge < -0.3 is 15.4 Å². The van der Waals surface area contributed by atoms with Crippen LogP contribution in [0.3, 0.4) is 0 Å². The first kappa shape index (κ1) is 24.3. The summed E-state index contributed by atoms with van der Waals surface area (Å²) >= 11 is 0. The van der Waals surface area contributed by atoms with Gasteiger partial charge in [-0.1, -0.05) is 48.5 Å². The molecule has 0 bridgehead atoms. The Morgan fingerprint density at radius 1 is 1.00 bits per heavy atom. The van der Waals surface area contributed by atoms with E-state index in [0.29, 0.717) is 12.3 Å². The predicted molar refractivity (Wildman–Crippen MR) is 133 cm³/mol. The van der Waals surface area contributed by atoms with Crippen molar-refractivity contribution in [2.75, 3.05) is 11.9 Å². The van der Waals surface area contributed by atoms with Crippen molar-refractivity contribution in [2.24, 2.45) is 0 Å². The first-order valence-electron chi connectivity index (χ1n) is 11.0. The second-order valence-electron chi connectivity index (χ2n) is 7.84. The van der Waals surface area contributed by atoms with Crippen molar-refractivity contribution in [1.29, 1.82) is 5.26 Å². The predicted octanol–water partition coefficient (Wildman–Crippen LogP) is 4.80. The first-order chi connectivity index (χ1) is 16.4. The van der Waals surface area contributed by atoms with Crippen molar-refractivity contribution in [2.45, 2.75) is 26.8 Å². The van der Waals surface area contributed by atoms with Gasteiger partial charge in [-0.25, -0.2) is 0 Å². The fraction of sp³-hybridized carbons (Fsp3) is 0.179. The molecule has 0 atom stereocenters. The normalized spacial score (nSPS) is 10.8. The SMILES string of the molecule is CC(=O)Nc1ccc(CNC(=O)/C(C#N)=C/c2ccc(OCCc3ccccc3)c(C)c2)cc1. The first-order valence-corrected chi connectivity index (χ1v) is 11.0. The van der Waals surface area contributed by atoms with E-state index in [1.54, 1.807) is 30.3 Å². The van der Waals surface area contributed by atoms with Crippen molar-refractivity contribution in [1.82, 2.24) is 5.32 Å². The summed E-state index contributed by atoms with van der Waals surface area (Å²) in [6.07, 6.45) is 2.38. The van der Waals surface area contributed by atoms with Gasteiger partial charge in [0.25, 0.3) is 5.91 Å². The fourth-order valence-electron chi connectivity index (χ4n) is 3.35. The molecule has 2 amide bonds. The number of rotatable bonds is 9. The third-order valence-electron chi connectivity index (χ3n) is 5.09. The van der Waals surface area contributed by atoms with Crippen LogP contribution in [0.2, 0.25) is 0 Å². The Balaban J connectivity index is 1.57. The molecule has 3 rings (SSSR count). The van der Waals surface area contributed by atoms with Crippen LogP contribution < -0.4 is 15.4 Å². The Hall–Kier alpha value is -4.37. The number of hydrogen-bond acceptors (Lipinski definition) is 4. The van der Waals surface area contributed by atoms with Gasteiger partial charge >= 0.3 is 0 Å². The Kier molecular flexibility index (Phi) is 8.59. The molecule has 6 nitrogen and oxygen atoms in total. The maximum absolute atomic E-state index is 12.5. The van der Waals surface area contributed by atoms with E-state index in [1.807, 2.05) is 49.4 Å². The van der Waals surface area contributed by atoms with E-state index >= 15 is 0 Å². The average molecular weight is 454 g/mol. The lowest BCUT2D eigenvalue weighted by molar-refractivity contribution is -0.117. The summed E-state index contributed by atoms with van der Waals surface area (Å²) < 4.78 is 5.90. The highest BCUT2D eigenvalue weighted by atomic mass is 16.5. The minimum absolute atomic E-state index is 0.0204. The number of aryl methyl sites for hydroxylation is 1. The molecular weight excluding hydrogens is 426 g/mol. The molecule has 3 aromatic rings. The molecule has 0 aromatic heterocycles. The number of anilines is 1. The number of carbonyl (C=O) groups is 2. The van der Waals surface area contributed by atoms with Crippen LogP contribution in [0, 0.1) is 18.3 Å². The van der Waals surface area contributed by atoms with Crippen molar-refractivity contribution < 1.29 is 14.3 Å². The molecule has 0 radical (unpaired) electrons. The van der Waals surface area contributed by atoms with Gasteiger partial charge in [0.05, 0.1) is 6.61 Å². The smallest absolute Gasteiger partial charge is 0.262 e. The summed E-state index contributed by atoms with van der Waals surface area (Å²) in [5.41, 5.74) is 4.45. The summed E-state index contributed by atoms with van der Waals surface area (Å²) in [6, 6.07) is 24.8. The average Bonchev–Trinajstić information content (AvgIpc) is 2.83. The summed E-state index contributed by atoms with van der Waals surface area (Å²) in [5.74, 6) is 0.180. The molecule has 0 spiro atoms. The summed E-state index contributed by atoms with van der Waals surface area (Å²) in [5, 5.41) is 14.9. The maximum atomic E-state index is 12.5. The summed E-state index contributed by atoms with van der Waals surface area (Å²) in [6.45, 7) is 4.22. The number of nitriles is 1. The van der Waals surface area contributed by atoms with Crippen LogP contribution in [0.4, 0.5) is 5.69 Å². The minimum atomic E-state index is -0.450. The molecule has 0 aliphatic carbocycles. The zero-order valence-electron chi connectivity index (χ0n) is 19.3. The van der Waals surface area contributed by atoms with Crippen molar-refractivity contribution >= 4 is 23.6 Å². The molecule has 0 aliphatic rings. The third-order valence-corrected chi connectivity index (χ3v) is 5.09. The van der Waals surface area contributed by atoms with Crippen LogP contribution in [0.5, 0.6) is 5.75 Å². The Bertz CT molecular complexity index is 1210.